The molecule has 0 aromatic carbocycles. The summed E-state index contributed by atoms with van der Waals surface area (Å²) < 4.78 is 5.61. The number of nitrogens with zero attached hydrogens (tertiary/aromatic N) is 3. The van der Waals surface area contributed by atoms with E-state index in [1.165, 1.54) is 12.7 Å². The number of carbonyl (C=O) groups is 1. The fourth-order valence-electron chi connectivity index (χ4n) is 2.29. The first-order chi connectivity index (χ1) is 9.34. The molecule has 3 heterocycles. The zero-order valence-corrected chi connectivity index (χ0v) is 10.6. The van der Waals surface area contributed by atoms with Gasteiger partial charge in [-0.05, 0) is 31.4 Å². The third kappa shape index (κ3) is 2.50. The van der Waals surface area contributed by atoms with Gasteiger partial charge in [0.25, 0.3) is 5.91 Å². The predicted octanol–water partition coefficient (Wildman–Crippen LogP) is 2.36. The molecule has 2 aromatic rings. The molecule has 1 aliphatic heterocycles. The molecule has 2 aromatic heterocycles. The molecule has 0 N–H and O–H groups in total. The van der Waals surface area contributed by atoms with Crippen LogP contribution < -0.4 is 0 Å². The highest BCUT2D eigenvalue weighted by Gasteiger charge is 2.21. The summed E-state index contributed by atoms with van der Waals surface area (Å²) in [6, 6.07) is 3.51. The van der Waals surface area contributed by atoms with E-state index in [9.17, 15) is 4.79 Å². The minimum absolute atomic E-state index is 0.0252. The first-order valence-electron chi connectivity index (χ1n) is 6.49. The first-order valence-corrected chi connectivity index (χ1v) is 6.49. The predicted molar refractivity (Wildman–Crippen MR) is 69.5 cm³/mol. The van der Waals surface area contributed by atoms with Gasteiger partial charge in [-0.2, -0.15) is 0 Å². The minimum atomic E-state index is -0.0252. The Morgan fingerprint density at radius 3 is 2.58 bits per heavy atom. The Bertz CT molecular complexity index is 559. The number of aromatic nitrogens is 2. The third-order valence-corrected chi connectivity index (χ3v) is 3.31. The SMILES string of the molecule is O=C(c1ccc(-c2cncnc2)o1)N1CCCCC1. The van der Waals surface area contributed by atoms with Crippen molar-refractivity contribution in [1.29, 1.82) is 0 Å². The van der Waals surface area contributed by atoms with Gasteiger partial charge >= 0.3 is 0 Å². The summed E-state index contributed by atoms with van der Waals surface area (Å²) in [6.45, 7) is 1.65. The van der Waals surface area contributed by atoms with Crippen molar-refractivity contribution < 1.29 is 9.21 Å². The molecule has 19 heavy (non-hydrogen) atoms. The van der Waals surface area contributed by atoms with Gasteiger partial charge in [0.1, 0.15) is 12.1 Å². The van der Waals surface area contributed by atoms with Gasteiger partial charge in [-0.25, -0.2) is 9.97 Å². The molecule has 1 fully saturated rings. The Morgan fingerprint density at radius 1 is 1.11 bits per heavy atom. The van der Waals surface area contributed by atoms with Crippen molar-refractivity contribution in [2.75, 3.05) is 13.1 Å². The van der Waals surface area contributed by atoms with Crippen LogP contribution in [0, 0.1) is 0 Å². The summed E-state index contributed by atoms with van der Waals surface area (Å²) in [4.78, 5) is 22.0. The Labute approximate surface area is 111 Å². The summed E-state index contributed by atoms with van der Waals surface area (Å²) >= 11 is 0. The Hall–Kier alpha value is -2.17. The molecular formula is C14H15N3O2. The molecule has 1 aliphatic rings. The van der Waals surface area contributed by atoms with Gasteiger partial charge in [-0.1, -0.05) is 0 Å². The van der Waals surface area contributed by atoms with Gasteiger partial charge in [-0.3, -0.25) is 4.79 Å². The van der Waals surface area contributed by atoms with Gasteiger partial charge in [0.05, 0.1) is 5.56 Å². The second-order valence-electron chi connectivity index (χ2n) is 4.64. The molecule has 0 spiro atoms. The fraction of sp³-hybridized carbons (Fsp3) is 0.357. The van der Waals surface area contributed by atoms with E-state index in [0.717, 1.165) is 31.5 Å². The number of likely N-dealkylation sites (tertiary alicyclic amines) is 1. The van der Waals surface area contributed by atoms with Crippen LogP contribution in [0.3, 0.4) is 0 Å². The van der Waals surface area contributed by atoms with Crippen LogP contribution in [0.2, 0.25) is 0 Å². The number of amides is 1. The van der Waals surface area contributed by atoms with E-state index in [-0.39, 0.29) is 5.91 Å². The molecule has 1 amide bonds. The van der Waals surface area contributed by atoms with Gasteiger partial charge in [0.15, 0.2) is 5.76 Å². The third-order valence-electron chi connectivity index (χ3n) is 3.31. The second-order valence-corrected chi connectivity index (χ2v) is 4.64. The lowest BCUT2D eigenvalue weighted by Gasteiger charge is -2.25. The lowest BCUT2D eigenvalue weighted by atomic mass is 10.1. The van der Waals surface area contributed by atoms with E-state index in [1.54, 1.807) is 24.5 Å². The molecule has 0 bridgehead atoms. The van der Waals surface area contributed by atoms with Crippen LogP contribution in [0.5, 0.6) is 0 Å². The van der Waals surface area contributed by atoms with Crippen molar-refractivity contribution in [2.45, 2.75) is 19.3 Å². The van der Waals surface area contributed by atoms with Crippen LogP contribution in [0.15, 0.2) is 35.3 Å². The molecular weight excluding hydrogens is 242 g/mol. The van der Waals surface area contributed by atoms with Crippen molar-refractivity contribution in [1.82, 2.24) is 14.9 Å². The summed E-state index contributed by atoms with van der Waals surface area (Å²) in [5, 5.41) is 0. The van der Waals surface area contributed by atoms with Gasteiger partial charge in [-0.15, -0.1) is 0 Å². The lowest BCUT2D eigenvalue weighted by Crippen LogP contribution is -2.35. The maximum absolute atomic E-state index is 12.2. The quantitative estimate of drug-likeness (QED) is 0.828. The zero-order chi connectivity index (χ0) is 13.1. The maximum Gasteiger partial charge on any atom is 0.289 e. The van der Waals surface area contributed by atoms with Crippen LogP contribution >= 0.6 is 0 Å². The Morgan fingerprint density at radius 2 is 1.84 bits per heavy atom. The molecule has 0 atom stereocenters. The van der Waals surface area contributed by atoms with E-state index < -0.39 is 0 Å². The van der Waals surface area contributed by atoms with Crippen LogP contribution in [0.4, 0.5) is 0 Å². The Kier molecular flexibility index (Phi) is 3.27. The highest BCUT2D eigenvalue weighted by molar-refractivity contribution is 5.92. The Balaban J connectivity index is 1.79. The number of piperidine rings is 1. The van der Waals surface area contributed by atoms with Crippen LogP contribution in [-0.2, 0) is 0 Å². The number of hydrogen-bond donors (Lipinski definition) is 0. The average Bonchev–Trinajstić information content (AvgIpc) is 2.98. The standard InChI is InChI=1S/C14H15N3O2/c18-14(17-6-2-1-3-7-17)13-5-4-12(19-13)11-8-15-10-16-9-11/h4-5,8-10H,1-3,6-7H2. The molecule has 5 nitrogen and oxygen atoms in total. The molecule has 1 saturated heterocycles. The van der Waals surface area contributed by atoms with E-state index >= 15 is 0 Å². The number of furan rings is 1. The molecule has 0 saturated carbocycles. The molecule has 3 rings (SSSR count). The number of carbonyl (C=O) groups excluding carboxylic acids is 1. The van der Waals surface area contributed by atoms with E-state index in [2.05, 4.69) is 9.97 Å². The normalized spacial score (nSPS) is 15.5. The van der Waals surface area contributed by atoms with Crippen LogP contribution in [0.1, 0.15) is 29.8 Å². The van der Waals surface area contributed by atoms with Crippen LogP contribution in [-0.4, -0.2) is 33.9 Å². The van der Waals surface area contributed by atoms with Gasteiger partial charge in [0, 0.05) is 25.5 Å². The molecule has 0 aliphatic carbocycles. The molecule has 5 heteroatoms. The minimum Gasteiger partial charge on any atom is -0.451 e. The monoisotopic (exact) mass is 257 g/mol. The zero-order valence-electron chi connectivity index (χ0n) is 10.6. The largest absolute Gasteiger partial charge is 0.451 e. The van der Waals surface area contributed by atoms with Gasteiger partial charge in [0.2, 0.25) is 0 Å². The van der Waals surface area contributed by atoms with Crippen molar-refractivity contribution in [3.05, 3.63) is 36.6 Å². The maximum atomic E-state index is 12.2. The summed E-state index contributed by atoms with van der Waals surface area (Å²) in [5.74, 6) is 0.990. The highest BCUT2D eigenvalue weighted by atomic mass is 16.4. The smallest absolute Gasteiger partial charge is 0.289 e. The molecule has 0 unspecified atom stereocenters. The van der Waals surface area contributed by atoms with E-state index in [1.807, 2.05) is 4.90 Å². The van der Waals surface area contributed by atoms with Crippen molar-refractivity contribution in [2.24, 2.45) is 0 Å². The van der Waals surface area contributed by atoms with Gasteiger partial charge < -0.3 is 9.32 Å². The molecule has 0 radical (unpaired) electrons. The average molecular weight is 257 g/mol. The summed E-state index contributed by atoms with van der Waals surface area (Å²) in [6.07, 6.45) is 8.15. The lowest BCUT2D eigenvalue weighted by molar-refractivity contribution is 0.0693. The van der Waals surface area contributed by atoms with Crippen molar-refractivity contribution >= 4 is 5.91 Å². The fourth-order valence-corrected chi connectivity index (χ4v) is 2.29. The highest BCUT2D eigenvalue weighted by Crippen LogP contribution is 2.22. The number of rotatable bonds is 2. The van der Waals surface area contributed by atoms with E-state index in [0.29, 0.717) is 11.5 Å². The second kappa shape index (κ2) is 5.22. The van der Waals surface area contributed by atoms with Crippen molar-refractivity contribution in [3.8, 4) is 11.3 Å². The van der Waals surface area contributed by atoms with E-state index in [4.69, 9.17) is 4.42 Å². The first kappa shape index (κ1) is 11.9. The van der Waals surface area contributed by atoms with Crippen LogP contribution in [0.25, 0.3) is 11.3 Å². The van der Waals surface area contributed by atoms with Crippen molar-refractivity contribution in [3.63, 3.8) is 0 Å². The number of hydrogen-bond acceptors (Lipinski definition) is 4. The summed E-state index contributed by atoms with van der Waals surface area (Å²) in [5.41, 5.74) is 0.778. The summed E-state index contributed by atoms with van der Waals surface area (Å²) in [7, 11) is 0. The molecule has 98 valence electrons. The topological polar surface area (TPSA) is 59.2 Å².